The summed E-state index contributed by atoms with van der Waals surface area (Å²) in [4.78, 5) is 0. The van der Waals surface area contributed by atoms with E-state index in [0.717, 1.165) is 0 Å². The molecule has 0 rings (SSSR count). The quantitative estimate of drug-likeness (QED) is 0.627. The lowest BCUT2D eigenvalue weighted by molar-refractivity contribution is 0.128. The Hall–Kier alpha value is 0.280. The van der Waals surface area contributed by atoms with Crippen molar-refractivity contribution in [2.24, 2.45) is 0 Å². The Kier molecular flexibility index (Phi) is 3.56. The Bertz CT molecular complexity index is 113. The normalized spacial score (nSPS) is 14.1. The Morgan fingerprint density at radius 3 is 2.22 bits per heavy atom. The average Bonchev–Trinajstić information content (AvgIpc) is 1.64. The molecule has 0 saturated carbocycles. The van der Waals surface area contributed by atoms with Gasteiger partial charge in [0.25, 0.3) is 0 Å². The number of allylic oxidation sites excluding steroid dienone is 1. The van der Waals surface area contributed by atoms with E-state index in [1.54, 1.807) is 19.9 Å². The van der Waals surface area contributed by atoms with Gasteiger partial charge in [0, 0.05) is 10.9 Å². The summed E-state index contributed by atoms with van der Waals surface area (Å²) in [6.45, 7) is 3.22. The summed E-state index contributed by atoms with van der Waals surface area (Å²) in [5, 5.41) is 9.54. The predicted octanol–water partition coefficient (Wildman–Crippen LogP) is 2.12. The SMILES string of the molecule is CC(C)(O)/C(Cl)=C/CCl. The number of aliphatic hydroxyl groups is 1. The highest BCUT2D eigenvalue weighted by atomic mass is 35.5. The first-order valence-electron chi connectivity index (χ1n) is 2.63. The van der Waals surface area contributed by atoms with Crippen LogP contribution >= 0.6 is 23.2 Å². The van der Waals surface area contributed by atoms with Crippen LogP contribution in [0.15, 0.2) is 11.1 Å². The molecule has 0 aliphatic rings. The molecule has 1 N–H and O–H groups in total. The van der Waals surface area contributed by atoms with Gasteiger partial charge in [-0.05, 0) is 13.8 Å². The van der Waals surface area contributed by atoms with Crippen LogP contribution in [0.3, 0.4) is 0 Å². The third-order valence-electron chi connectivity index (χ3n) is 0.841. The van der Waals surface area contributed by atoms with E-state index in [0.29, 0.717) is 10.9 Å². The predicted molar refractivity (Wildman–Crippen MR) is 41.0 cm³/mol. The molecule has 0 heterocycles. The van der Waals surface area contributed by atoms with Gasteiger partial charge in [-0.2, -0.15) is 0 Å². The number of rotatable bonds is 2. The van der Waals surface area contributed by atoms with Crippen molar-refractivity contribution in [1.82, 2.24) is 0 Å². The zero-order chi connectivity index (χ0) is 7.49. The molecule has 0 aromatic rings. The summed E-state index contributed by atoms with van der Waals surface area (Å²) in [6.07, 6.45) is 1.57. The second kappa shape index (κ2) is 3.45. The number of hydrogen-bond donors (Lipinski definition) is 1. The lowest BCUT2D eigenvalue weighted by atomic mass is 10.1. The van der Waals surface area contributed by atoms with Crippen molar-refractivity contribution < 1.29 is 5.11 Å². The molecule has 0 aromatic carbocycles. The van der Waals surface area contributed by atoms with Crippen molar-refractivity contribution in [3.05, 3.63) is 11.1 Å². The van der Waals surface area contributed by atoms with Crippen LogP contribution in [0.25, 0.3) is 0 Å². The van der Waals surface area contributed by atoms with E-state index in [1.165, 1.54) is 0 Å². The van der Waals surface area contributed by atoms with Crippen molar-refractivity contribution in [3.63, 3.8) is 0 Å². The Morgan fingerprint density at radius 2 is 2.11 bits per heavy atom. The van der Waals surface area contributed by atoms with E-state index < -0.39 is 5.60 Å². The standard InChI is InChI=1S/C6H10Cl2O/c1-6(2,9)5(8)3-4-7/h3,9H,4H2,1-2H3/b5-3-. The molecule has 0 bridgehead atoms. The molecule has 3 heteroatoms. The summed E-state index contributed by atoms with van der Waals surface area (Å²) in [6, 6.07) is 0. The lowest BCUT2D eigenvalue weighted by Crippen LogP contribution is -2.18. The molecule has 0 unspecified atom stereocenters. The van der Waals surface area contributed by atoms with Gasteiger partial charge in [0.15, 0.2) is 0 Å². The number of hydrogen-bond acceptors (Lipinski definition) is 1. The van der Waals surface area contributed by atoms with Crippen LogP contribution < -0.4 is 0 Å². The van der Waals surface area contributed by atoms with E-state index in [1.807, 2.05) is 0 Å². The zero-order valence-corrected chi connectivity index (χ0v) is 7.00. The van der Waals surface area contributed by atoms with Crippen LogP contribution in [0.1, 0.15) is 13.8 Å². The van der Waals surface area contributed by atoms with Gasteiger partial charge >= 0.3 is 0 Å². The zero-order valence-electron chi connectivity index (χ0n) is 5.49. The molecule has 0 radical (unpaired) electrons. The van der Waals surface area contributed by atoms with Gasteiger partial charge in [0.1, 0.15) is 0 Å². The molecule has 0 saturated heterocycles. The van der Waals surface area contributed by atoms with Gasteiger partial charge in [-0.25, -0.2) is 0 Å². The van der Waals surface area contributed by atoms with E-state index in [-0.39, 0.29) is 0 Å². The maximum atomic E-state index is 9.16. The Morgan fingerprint density at radius 1 is 1.67 bits per heavy atom. The summed E-state index contributed by atoms with van der Waals surface area (Å²) in [5.41, 5.74) is -0.948. The van der Waals surface area contributed by atoms with Crippen LogP contribution in [0, 0.1) is 0 Å². The minimum Gasteiger partial charge on any atom is -0.385 e. The first-order valence-corrected chi connectivity index (χ1v) is 3.54. The number of halogens is 2. The van der Waals surface area contributed by atoms with Crippen LogP contribution in [0.2, 0.25) is 0 Å². The third-order valence-corrected chi connectivity index (χ3v) is 1.61. The first kappa shape index (κ1) is 9.28. The largest absolute Gasteiger partial charge is 0.385 e. The van der Waals surface area contributed by atoms with Crippen molar-refractivity contribution in [2.75, 3.05) is 5.88 Å². The second-order valence-corrected chi connectivity index (χ2v) is 2.98. The van der Waals surface area contributed by atoms with Crippen molar-refractivity contribution >= 4 is 23.2 Å². The summed E-state index contributed by atoms with van der Waals surface area (Å²) >= 11 is 10.9. The van der Waals surface area contributed by atoms with Crippen LogP contribution in [0.4, 0.5) is 0 Å². The fourth-order valence-electron chi connectivity index (χ4n) is 0.318. The molecule has 0 aliphatic carbocycles. The van der Waals surface area contributed by atoms with E-state index in [4.69, 9.17) is 28.3 Å². The topological polar surface area (TPSA) is 20.2 Å². The molecule has 0 fully saturated rings. The van der Waals surface area contributed by atoms with Gasteiger partial charge in [-0.3, -0.25) is 0 Å². The summed E-state index contributed by atoms with van der Waals surface area (Å²) < 4.78 is 0. The van der Waals surface area contributed by atoms with Crippen LogP contribution in [-0.4, -0.2) is 16.6 Å². The fourth-order valence-corrected chi connectivity index (χ4v) is 0.628. The first-order chi connectivity index (χ1) is 3.98. The minimum absolute atomic E-state index is 0.336. The maximum absolute atomic E-state index is 9.16. The van der Waals surface area contributed by atoms with E-state index >= 15 is 0 Å². The molecule has 9 heavy (non-hydrogen) atoms. The molecule has 0 aromatic heterocycles. The van der Waals surface area contributed by atoms with E-state index in [2.05, 4.69) is 0 Å². The van der Waals surface area contributed by atoms with Gasteiger partial charge < -0.3 is 5.11 Å². The average molecular weight is 169 g/mol. The molecule has 0 aliphatic heterocycles. The Labute approximate surface area is 65.3 Å². The van der Waals surface area contributed by atoms with Crippen LogP contribution in [0.5, 0.6) is 0 Å². The monoisotopic (exact) mass is 168 g/mol. The molecule has 54 valence electrons. The maximum Gasteiger partial charge on any atom is 0.0942 e. The molecule has 0 atom stereocenters. The highest BCUT2D eigenvalue weighted by molar-refractivity contribution is 6.31. The third kappa shape index (κ3) is 3.79. The van der Waals surface area contributed by atoms with E-state index in [9.17, 15) is 0 Å². The minimum atomic E-state index is -0.948. The van der Waals surface area contributed by atoms with Crippen LogP contribution in [-0.2, 0) is 0 Å². The van der Waals surface area contributed by atoms with Crippen molar-refractivity contribution in [1.29, 1.82) is 0 Å². The highest BCUT2D eigenvalue weighted by Crippen LogP contribution is 2.18. The van der Waals surface area contributed by atoms with Crippen molar-refractivity contribution in [3.8, 4) is 0 Å². The summed E-state index contributed by atoms with van der Waals surface area (Å²) in [7, 11) is 0. The number of alkyl halides is 1. The molecular weight excluding hydrogens is 159 g/mol. The van der Waals surface area contributed by atoms with Gasteiger partial charge in [-0.15, -0.1) is 11.6 Å². The second-order valence-electron chi connectivity index (χ2n) is 2.27. The lowest BCUT2D eigenvalue weighted by Gasteiger charge is -2.15. The summed E-state index contributed by atoms with van der Waals surface area (Å²) in [5.74, 6) is 0.336. The molecule has 0 spiro atoms. The molecule has 0 amide bonds. The van der Waals surface area contributed by atoms with Gasteiger partial charge in [0.05, 0.1) is 5.60 Å². The highest BCUT2D eigenvalue weighted by Gasteiger charge is 2.15. The van der Waals surface area contributed by atoms with Gasteiger partial charge in [0.2, 0.25) is 0 Å². The molecular formula is C6H10Cl2O. The van der Waals surface area contributed by atoms with Crippen molar-refractivity contribution in [2.45, 2.75) is 19.4 Å². The van der Waals surface area contributed by atoms with Gasteiger partial charge in [-0.1, -0.05) is 17.7 Å². The molecule has 1 nitrogen and oxygen atoms in total. The fraction of sp³-hybridized carbons (Fsp3) is 0.667. The Balaban J connectivity index is 4.03. The smallest absolute Gasteiger partial charge is 0.0942 e.